The van der Waals surface area contributed by atoms with Crippen molar-refractivity contribution in [3.05, 3.63) is 24.0 Å². The number of aryl methyl sites for hydroxylation is 1. The van der Waals surface area contributed by atoms with Crippen LogP contribution in [0, 0.1) is 0 Å². The summed E-state index contributed by atoms with van der Waals surface area (Å²) in [5, 5.41) is 3.66. The topological polar surface area (TPSA) is 67.0 Å². The molecule has 2 aromatic heterocycles. The van der Waals surface area contributed by atoms with Crippen LogP contribution in [0.15, 0.2) is 18.3 Å². The molecule has 19 heavy (non-hydrogen) atoms. The number of aromatic amines is 1. The van der Waals surface area contributed by atoms with E-state index in [1.807, 2.05) is 32.9 Å². The molecule has 5 nitrogen and oxygen atoms in total. The first kappa shape index (κ1) is 13.4. The summed E-state index contributed by atoms with van der Waals surface area (Å²) >= 11 is 0. The molecule has 0 atom stereocenters. The molecule has 0 radical (unpaired) electrons. The molecule has 1 amide bonds. The molecular formula is C14H19N3O2. The van der Waals surface area contributed by atoms with Crippen LogP contribution in [0.5, 0.6) is 0 Å². The SMILES string of the molecule is CCc1cc2cc(NC(=O)OC(C)(C)C)cnc2[nH]1. The molecular weight excluding hydrogens is 242 g/mol. The van der Waals surface area contributed by atoms with Gasteiger partial charge in [-0.2, -0.15) is 0 Å². The summed E-state index contributed by atoms with van der Waals surface area (Å²) in [5.41, 5.74) is 2.07. The van der Waals surface area contributed by atoms with Crippen LogP contribution in [0.3, 0.4) is 0 Å². The van der Waals surface area contributed by atoms with Crippen molar-refractivity contribution in [2.75, 3.05) is 5.32 Å². The third-order valence-electron chi connectivity index (χ3n) is 2.55. The number of carbonyl (C=O) groups is 1. The zero-order chi connectivity index (χ0) is 14.0. The zero-order valence-corrected chi connectivity index (χ0v) is 11.7. The number of H-pyrrole nitrogens is 1. The molecule has 2 N–H and O–H groups in total. The third kappa shape index (κ3) is 3.47. The van der Waals surface area contributed by atoms with Crippen molar-refractivity contribution >= 4 is 22.8 Å². The Morgan fingerprint density at radius 3 is 2.79 bits per heavy atom. The smallest absolute Gasteiger partial charge is 0.412 e. The van der Waals surface area contributed by atoms with Gasteiger partial charge in [-0.1, -0.05) is 6.92 Å². The highest BCUT2D eigenvalue weighted by molar-refractivity contribution is 5.88. The van der Waals surface area contributed by atoms with Gasteiger partial charge in [0.1, 0.15) is 11.2 Å². The quantitative estimate of drug-likeness (QED) is 0.869. The molecule has 0 saturated heterocycles. The fourth-order valence-electron chi connectivity index (χ4n) is 1.75. The van der Waals surface area contributed by atoms with E-state index in [1.54, 1.807) is 6.20 Å². The molecule has 2 rings (SSSR count). The van der Waals surface area contributed by atoms with E-state index in [9.17, 15) is 4.79 Å². The average molecular weight is 261 g/mol. The lowest BCUT2D eigenvalue weighted by Crippen LogP contribution is -2.27. The van der Waals surface area contributed by atoms with Crippen molar-refractivity contribution in [2.24, 2.45) is 0 Å². The van der Waals surface area contributed by atoms with Gasteiger partial charge in [0.2, 0.25) is 0 Å². The second-order valence-electron chi connectivity index (χ2n) is 5.44. The fourth-order valence-corrected chi connectivity index (χ4v) is 1.75. The number of fused-ring (bicyclic) bond motifs is 1. The zero-order valence-electron chi connectivity index (χ0n) is 11.7. The minimum absolute atomic E-state index is 0.472. The lowest BCUT2D eigenvalue weighted by molar-refractivity contribution is 0.0636. The maximum Gasteiger partial charge on any atom is 0.412 e. The van der Waals surface area contributed by atoms with Crippen LogP contribution in [0.25, 0.3) is 11.0 Å². The van der Waals surface area contributed by atoms with Crippen LogP contribution in [0.2, 0.25) is 0 Å². The van der Waals surface area contributed by atoms with Crippen LogP contribution in [-0.2, 0) is 11.2 Å². The minimum atomic E-state index is -0.509. The highest BCUT2D eigenvalue weighted by Gasteiger charge is 2.16. The van der Waals surface area contributed by atoms with E-state index in [4.69, 9.17) is 4.74 Å². The number of nitrogens with one attached hydrogen (secondary N) is 2. The first-order valence-corrected chi connectivity index (χ1v) is 6.35. The van der Waals surface area contributed by atoms with E-state index in [0.717, 1.165) is 23.1 Å². The van der Waals surface area contributed by atoms with Gasteiger partial charge >= 0.3 is 6.09 Å². The summed E-state index contributed by atoms with van der Waals surface area (Å²) in [4.78, 5) is 19.1. The van der Waals surface area contributed by atoms with Gasteiger partial charge in [0.05, 0.1) is 11.9 Å². The van der Waals surface area contributed by atoms with Gasteiger partial charge < -0.3 is 9.72 Å². The number of rotatable bonds is 2. The van der Waals surface area contributed by atoms with Crippen molar-refractivity contribution in [1.82, 2.24) is 9.97 Å². The van der Waals surface area contributed by atoms with Crippen LogP contribution >= 0.6 is 0 Å². The minimum Gasteiger partial charge on any atom is -0.444 e. The number of pyridine rings is 1. The Hall–Kier alpha value is -2.04. The van der Waals surface area contributed by atoms with Crippen molar-refractivity contribution in [2.45, 2.75) is 39.7 Å². The van der Waals surface area contributed by atoms with Crippen LogP contribution in [0.4, 0.5) is 10.5 Å². The molecule has 0 spiro atoms. The summed E-state index contributed by atoms with van der Waals surface area (Å²) < 4.78 is 5.19. The Labute approximate surface area is 112 Å². The number of nitrogens with zero attached hydrogens (tertiary/aromatic N) is 1. The van der Waals surface area contributed by atoms with E-state index in [1.165, 1.54) is 0 Å². The molecule has 5 heteroatoms. The summed E-state index contributed by atoms with van der Waals surface area (Å²) in [6, 6.07) is 3.91. The Bertz CT molecular complexity index is 596. The van der Waals surface area contributed by atoms with Crippen LogP contribution in [-0.4, -0.2) is 21.7 Å². The maximum atomic E-state index is 11.7. The Morgan fingerprint density at radius 2 is 2.16 bits per heavy atom. The van der Waals surface area contributed by atoms with Crippen molar-refractivity contribution in [3.63, 3.8) is 0 Å². The fraction of sp³-hybridized carbons (Fsp3) is 0.429. The molecule has 0 aromatic carbocycles. The summed E-state index contributed by atoms with van der Waals surface area (Å²) in [5.74, 6) is 0. The van der Waals surface area contributed by atoms with Gasteiger partial charge in [-0.05, 0) is 39.3 Å². The number of hydrogen-bond acceptors (Lipinski definition) is 3. The van der Waals surface area contributed by atoms with E-state index in [-0.39, 0.29) is 0 Å². The Balaban J connectivity index is 2.15. The lowest BCUT2D eigenvalue weighted by atomic mass is 10.2. The number of carbonyl (C=O) groups excluding carboxylic acids is 1. The Kier molecular flexibility index (Phi) is 3.46. The van der Waals surface area contributed by atoms with Gasteiger partial charge in [-0.15, -0.1) is 0 Å². The molecule has 0 aliphatic heterocycles. The van der Waals surface area contributed by atoms with Gasteiger partial charge in [-0.25, -0.2) is 9.78 Å². The monoisotopic (exact) mass is 261 g/mol. The van der Waals surface area contributed by atoms with Crippen LogP contribution in [0.1, 0.15) is 33.4 Å². The van der Waals surface area contributed by atoms with E-state index < -0.39 is 11.7 Å². The van der Waals surface area contributed by atoms with Gasteiger partial charge in [0, 0.05) is 11.1 Å². The van der Waals surface area contributed by atoms with Crippen molar-refractivity contribution < 1.29 is 9.53 Å². The highest BCUT2D eigenvalue weighted by Crippen LogP contribution is 2.18. The average Bonchev–Trinajstić information content (AvgIpc) is 2.68. The molecule has 102 valence electrons. The first-order chi connectivity index (χ1) is 8.87. The second kappa shape index (κ2) is 4.91. The van der Waals surface area contributed by atoms with E-state index in [0.29, 0.717) is 5.69 Å². The van der Waals surface area contributed by atoms with E-state index in [2.05, 4.69) is 22.2 Å². The van der Waals surface area contributed by atoms with Crippen LogP contribution < -0.4 is 5.32 Å². The summed E-state index contributed by atoms with van der Waals surface area (Å²) in [6.45, 7) is 7.56. The van der Waals surface area contributed by atoms with E-state index >= 15 is 0 Å². The number of hydrogen-bond donors (Lipinski definition) is 2. The molecule has 0 unspecified atom stereocenters. The molecule has 2 aromatic rings. The predicted octanol–water partition coefficient (Wildman–Crippen LogP) is 3.47. The second-order valence-corrected chi connectivity index (χ2v) is 5.44. The number of aromatic nitrogens is 2. The van der Waals surface area contributed by atoms with Crippen molar-refractivity contribution in [3.8, 4) is 0 Å². The first-order valence-electron chi connectivity index (χ1n) is 6.35. The maximum absolute atomic E-state index is 11.7. The predicted molar refractivity (Wildman–Crippen MR) is 75.3 cm³/mol. The van der Waals surface area contributed by atoms with Crippen molar-refractivity contribution in [1.29, 1.82) is 0 Å². The standard InChI is InChI=1S/C14H19N3O2/c1-5-10-6-9-7-11(8-15-12(9)16-10)17-13(18)19-14(2,3)4/h6-8H,5H2,1-4H3,(H,15,16)(H,17,18). The summed E-state index contributed by atoms with van der Waals surface area (Å²) in [6.07, 6.45) is 2.06. The largest absolute Gasteiger partial charge is 0.444 e. The lowest BCUT2D eigenvalue weighted by Gasteiger charge is -2.19. The molecule has 0 fully saturated rings. The number of anilines is 1. The molecule has 0 bridgehead atoms. The number of amides is 1. The molecule has 2 heterocycles. The third-order valence-corrected chi connectivity index (χ3v) is 2.55. The molecule has 0 aliphatic rings. The highest BCUT2D eigenvalue weighted by atomic mass is 16.6. The molecule has 0 saturated carbocycles. The van der Waals surface area contributed by atoms with Gasteiger partial charge in [0.15, 0.2) is 0 Å². The van der Waals surface area contributed by atoms with Gasteiger partial charge in [-0.3, -0.25) is 5.32 Å². The normalized spacial score (nSPS) is 11.6. The summed E-state index contributed by atoms with van der Waals surface area (Å²) in [7, 11) is 0. The number of ether oxygens (including phenoxy) is 1. The molecule has 0 aliphatic carbocycles. The van der Waals surface area contributed by atoms with Gasteiger partial charge in [0.25, 0.3) is 0 Å². The Morgan fingerprint density at radius 1 is 1.42 bits per heavy atom.